The van der Waals surface area contributed by atoms with Crippen molar-refractivity contribution < 1.29 is 8.78 Å². The molecular formula is C13H14F2N2S. The van der Waals surface area contributed by atoms with E-state index in [0.29, 0.717) is 17.9 Å². The first-order valence-corrected chi connectivity index (χ1v) is 6.45. The highest BCUT2D eigenvalue weighted by molar-refractivity contribution is 7.08. The molecule has 0 spiro atoms. The standard InChI is InChI=1S/C13H14F2N2S/c1-8-6-18-7-9(8)5-17-12-3-2-10(16)4-11(12)13(14)15/h2-4,6-7,13,17H,5,16H2,1H3. The van der Waals surface area contributed by atoms with Crippen LogP contribution in [0, 0.1) is 6.92 Å². The van der Waals surface area contributed by atoms with E-state index >= 15 is 0 Å². The number of nitrogens with two attached hydrogens (primary N) is 1. The highest BCUT2D eigenvalue weighted by atomic mass is 32.1. The van der Waals surface area contributed by atoms with Gasteiger partial charge in [-0.3, -0.25) is 0 Å². The summed E-state index contributed by atoms with van der Waals surface area (Å²) in [6, 6.07) is 4.53. The number of benzene rings is 1. The highest BCUT2D eigenvalue weighted by Gasteiger charge is 2.13. The van der Waals surface area contributed by atoms with Crippen LogP contribution in [0.15, 0.2) is 29.0 Å². The third-order valence-corrected chi connectivity index (χ3v) is 3.65. The first kappa shape index (κ1) is 12.8. The lowest BCUT2D eigenvalue weighted by molar-refractivity contribution is 0.152. The Labute approximate surface area is 108 Å². The van der Waals surface area contributed by atoms with Crippen LogP contribution in [-0.2, 0) is 6.54 Å². The summed E-state index contributed by atoms with van der Waals surface area (Å²) in [6.07, 6.45) is -2.53. The van der Waals surface area contributed by atoms with E-state index < -0.39 is 6.43 Å². The maximum atomic E-state index is 12.9. The number of anilines is 2. The number of hydrogen-bond donors (Lipinski definition) is 2. The zero-order valence-electron chi connectivity index (χ0n) is 9.91. The summed E-state index contributed by atoms with van der Waals surface area (Å²) in [4.78, 5) is 0. The lowest BCUT2D eigenvalue weighted by Gasteiger charge is -2.12. The first-order valence-electron chi connectivity index (χ1n) is 5.51. The molecule has 0 radical (unpaired) electrons. The van der Waals surface area contributed by atoms with Gasteiger partial charge in [-0.2, -0.15) is 11.3 Å². The summed E-state index contributed by atoms with van der Waals surface area (Å²) < 4.78 is 25.7. The fraction of sp³-hybridized carbons (Fsp3) is 0.231. The summed E-state index contributed by atoms with van der Waals surface area (Å²) in [6.45, 7) is 2.55. The van der Waals surface area contributed by atoms with E-state index in [9.17, 15) is 8.78 Å². The topological polar surface area (TPSA) is 38.0 Å². The Morgan fingerprint density at radius 3 is 2.72 bits per heavy atom. The number of aryl methyl sites for hydroxylation is 1. The van der Waals surface area contributed by atoms with Crippen LogP contribution in [-0.4, -0.2) is 0 Å². The summed E-state index contributed by atoms with van der Waals surface area (Å²) in [7, 11) is 0. The molecule has 0 amide bonds. The third kappa shape index (κ3) is 2.79. The largest absolute Gasteiger partial charge is 0.399 e. The van der Waals surface area contributed by atoms with Gasteiger partial charge in [0.15, 0.2) is 0 Å². The zero-order chi connectivity index (χ0) is 13.1. The van der Waals surface area contributed by atoms with Crippen molar-refractivity contribution in [2.45, 2.75) is 19.9 Å². The van der Waals surface area contributed by atoms with Gasteiger partial charge in [0.25, 0.3) is 6.43 Å². The summed E-state index contributed by atoms with van der Waals surface area (Å²) in [5, 5.41) is 7.09. The number of alkyl halides is 2. The lowest BCUT2D eigenvalue weighted by Crippen LogP contribution is -2.03. The fourth-order valence-electron chi connectivity index (χ4n) is 1.68. The van der Waals surface area contributed by atoms with Crippen molar-refractivity contribution in [1.29, 1.82) is 0 Å². The molecule has 18 heavy (non-hydrogen) atoms. The Balaban J connectivity index is 2.16. The van der Waals surface area contributed by atoms with Crippen LogP contribution >= 0.6 is 11.3 Å². The molecule has 0 fully saturated rings. The van der Waals surface area contributed by atoms with Crippen LogP contribution in [0.3, 0.4) is 0 Å². The lowest BCUT2D eigenvalue weighted by atomic mass is 10.1. The number of halogens is 2. The van der Waals surface area contributed by atoms with Crippen LogP contribution in [0.2, 0.25) is 0 Å². The molecule has 0 saturated carbocycles. The van der Waals surface area contributed by atoms with Crippen LogP contribution in [0.25, 0.3) is 0 Å². The van der Waals surface area contributed by atoms with E-state index in [1.54, 1.807) is 23.5 Å². The van der Waals surface area contributed by atoms with Crippen molar-refractivity contribution in [2.75, 3.05) is 11.1 Å². The number of nitrogens with one attached hydrogen (secondary N) is 1. The molecule has 0 saturated heterocycles. The van der Waals surface area contributed by atoms with Gasteiger partial charge in [0.05, 0.1) is 0 Å². The second-order valence-electron chi connectivity index (χ2n) is 4.08. The monoisotopic (exact) mass is 268 g/mol. The molecule has 2 nitrogen and oxygen atoms in total. The number of nitrogen functional groups attached to an aromatic ring is 1. The molecule has 3 N–H and O–H groups in total. The van der Waals surface area contributed by atoms with Gasteiger partial charge in [-0.15, -0.1) is 0 Å². The predicted octanol–water partition coefficient (Wildman–Crippen LogP) is 4.19. The van der Waals surface area contributed by atoms with Crippen molar-refractivity contribution in [2.24, 2.45) is 0 Å². The van der Waals surface area contributed by atoms with Gasteiger partial charge in [-0.25, -0.2) is 8.78 Å². The Morgan fingerprint density at radius 1 is 1.33 bits per heavy atom. The molecule has 0 aliphatic rings. The molecule has 0 bridgehead atoms. The van der Waals surface area contributed by atoms with Gasteiger partial charge in [0.2, 0.25) is 0 Å². The second-order valence-corrected chi connectivity index (χ2v) is 4.82. The predicted molar refractivity (Wildman–Crippen MR) is 72.2 cm³/mol. The molecular weight excluding hydrogens is 254 g/mol. The van der Waals surface area contributed by atoms with Gasteiger partial charge in [0, 0.05) is 23.5 Å². The molecule has 2 rings (SSSR count). The Bertz CT molecular complexity index is 538. The fourth-order valence-corrected chi connectivity index (χ4v) is 2.54. The van der Waals surface area contributed by atoms with Gasteiger partial charge in [0.1, 0.15) is 0 Å². The Hall–Kier alpha value is -1.62. The van der Waals surface area contributed by atoms with E-state index in [0.717, 1.165) is 5.56 Å². The van der Waals surface area contributed by atoms with Crippen LogP contribution < -0.4 is 11.1 Å². The average Bonchev–Trinajstić information content (AvgIpc) is 2.73. The van der Waals surface area contributed by atoms with Crippen LogP contribution in [0.4, 0.5) is 20.2 Å². The van der Waals surface area contributed by atoms with Crippen LogP contribution in [0.5, 0.6) is 0 Å². The van der Waals surface area contributed by atoms with Gasteiger partial charge >= 0.3 is 0 Å². The van der Waals surface area contributed by atoms with Crippen LogP contribution in [0.1, 0.15) is 23.1 Å². The van der Waals surface area contributed by atoms with Gasteiger partial charge in [-0.05, 0) is 47.0 Å². The third-order valence-electron chi connectivity index (χ3n) is 2.74. The number of hydrogen-bond acceptors (Lipinski definition) is 3. The van der Waals surface area contributed by atoms with E-state index in [-0.39, 0.29) is 5.56 Å². The minimum Gasteiger partial charge on any atom is -0.399 e. The molecule has 5 heteroatoms. The molecule has 2 aromatic rings. The Morgan fingerprint density at radius 2 is 2.11 bits per heavy atom. The summed E-state index contributed by atoms with van der Waals surface area (Å²) in [5.41, 5.74) is 8.54. The number of thiophene rings is 1. The van der Waals surface area contributed by atoms with Crippen molar-refractivity contribution in [1.82, 2.24) is 0 Å². The quantitative estimate of drug-likeness (QED) is 0.816. The number of rotatable bonds is 4. The van der Waals surface area contributed by atoms with Crippen molar-refractivity contribution in [3.8, 4) is 0 Å². The normalized spacial score (nSPS) is 10.9. The maximum absolute atomic E-state index is 12.9. The molecule has 1 aromatic carbocycles. The summed E-state index contributed by atoms with van der Waals surface area (Å²) in [5.74, 6) is 0. The highest BCUT2D eigenvalue weighted by Crippen LogP contribution is 2.29. The van der Waals surface area contributed by atoms with E-state index in [1.165, 1.54) is 11.6 Å². The van der Waals surface area contributed by atoms with E-state index in [1.807, 2.05) is 17.7 Å². The van der Waals surface area contributed by atoms with E-state index in [4.69, 9.17) is 5.73 Å². The zero-order valence-corrected chi connectivity index (χ0v) is 10.7. The molecule has 1 heterocycles. The molecule has 1 aromatic heterocycles. The smallest absolute Gasteiger partial charge is 0.265 e. The maximum Gasteiger partial charge on any atom is 0.265 e. The van der Waals surface area contributed by atoms with E-state index in [2.05, 4.69) is 5.32 Å². The molecule has 0 aliphatic carbocycles. The van der Waals surface area contributed by atoms with Crippen molar-refractivity contribution in [3.63, 3.8) is 0 Å². The molecule has 0 aliphatic heterocycles. The van der Waals surface area contributed by atoms with Gasteiger partial charge in [-0.1, -0.05) is 0 Å². The molecule has 0 unspecified atom stereocenters. The minimum atomic E-state index is -2.53. The van der Waals surface area contributed by atoms with Crippen molar-refractivity contribution >= 4 is 22.7 Å². The first-order chi connectivity index (χ1) is 8.58. The van der Waals surface area contributed by atoms with Gasteiger partial charge < -0.3 is 11.1 Å². The molecule has 96 valence electrons. The minimum absolute atomic E-state index is 0.0529. The SMILES string of the molecule is Cc1cscc1CNc1ccc(N)cc1C(F)F. The summed E-state index contributed by atoms with van der Waals surface area (Å²) >= 11 is 1.61. The van der Waals surface area contributed by atoms with Crippen molar-refractivity contribution in [3.05, 3.63) is 45.6 Å². The molecule has 0 atom stereocenters. The Kier molecular flexibility index (Phi) is 3.81. The second kappa shape index (κ2) is 5.35. The average molecular weight is 268 g/mol.